The van der Waals surface area contributed by atoms with Gasteiger partial charge in [0.1, 0.15) is 6.61 Å². The summed E-state index contributed by atoms with van der Waals surface area (Å²) in [5, 5.41) is 19.4. The Kier molecular flexibility index (Phi) is 39.9. The molecule has 0 bridgehead atoms. The van der Waals surface area contributed by atoms with Crippen molar-refractivity contribution in [3.05, 3.63) is 72.9 Å². The number of hydrogen-bond acceptors (Lipinski definition) is 6. The monoisotopic (exact) mass is 741 g/mol. The molecular formula is C47H80O6. The Bertz CT molecular complexity index is 991. The van der Waals surface area contributed by atoms with Crippen LogP contribution in [0.1, 0.15) is 187 Å². The van der Waals surface area contributed by atoms with E-state index in [9.17, 15) is 19.8 Å². The molecule has 0 heterocycles. The van der Waals surface area contributed by atoms with Crippen molar-refractivity contribution in [3.63, 3.8) is 0 Å². The standard InChI is InChI=1S/C47H80O6/c1-3-5-7-8-9-10-11-12-13-14-15-16-17-20-23-26-29-32-36-40-46(50)52-43-45(42-48)53-47(51)41-37-33-30-27-24-21-18-19-22-25-28-31-35-39-44(49)38-34-6-4-2/h6,19,21-22,24,28,30-31,33-35,39,44-45,48-49H,3-5,7-18,20,23,25-27,29,32,36-38,40-43H2,1-2H3/b22-19-,24-21-,31-28+,33-30-,34-6-,39-35+/t44?,45-/m0/s1. The number of aliphatic hydroxyl groups is 2. The highest BCUT2D eigenvalue weighted by molar-refractivity contribution is 5.70. The third kappa shape index (κ3) is 40.3. The second-order valence-corrected chi connectivity index (χ2v) is 14.2. The number of aliphatic hydroxyl groups excluding tert-OH is 2. The molecule has 0 spiro atoms. The van der Waals surface area contributed by atoms with E-state index in [-0.39, 0.29) is 25.6 Å². The van der Waals surface area contributed by atoms with Gasteiger partial charge in [-0.1, -0.05) is 202 Å². The number of carbonyl (C=O) groups excluding carboxylic acids is 2. The van der Waals surface area contributed by atoms with Crippen molar-refractivity contribution in [2.45, 2.75) is 199 Å². The van der Waals surface area contributed by atoms with Crippen LogP contribution in [0, 0.1) is 0 Å². The molecule has 0 amide bonds. The number of ether oxygens (including phenoxy) is 2. The SMILES string of the molecule is CC/C=C\CC(O)/C=C/C=C/C/C=C\C/C=C\C/C=C\CCC(=O)O[C@@H](CO)COC(=O)CCCCCCCCCCCCCCCCCCCCC. The summed E-state index contributed by atoms with van der Waals surface area (Å²) in [6, 6.07) is 0. The molecule has 0 aliphatic rings. The first-order valence-corrected chi connectivity index (χ1v) is 21.6. The lowest BCUT2D eigenvalue weighted by atomic mass is 10.0. The first-order valence-electron chi connectivity index (χ1n) is 21.6. The van der Waals surface area contributed by atoms with Crippen molar-refractivity contribution >= 4 is 11.9 Å². The number of hydrogen-bond donors (Lipinski definition) is 2. The predicted octanol–water partition coefficient (Wildman–Crippen LogP) is 12.7. The molecule has 0 aromatic heterocycles. The van der Waals surface area contributed by atoms with Gasteiger partial charge in [0.2, 0.25) is 0 Å². The summed E-state index contributed by atoms with van der Waals surface area (Å²) in [5.41, 5.74) is 0. The molecule has 2 atom stereocenters. The van der Waals surface area contributed by atoms with Gasteiger partial charge in [-0.3, -0.25) is 9.59 Å². The smallest absolute Gasteiger partial charge is 0.306 e. The van der Waals surface area contributed by atoms with Gasteiger partial charge in [0.05, 0.1) is 12.7 Å². The van der Waals surface area contributed by atoms with Gasteiger partial charge < -0.3 is 19.7 Å². The maximum absolute atomic E-state index is 12.2. The maximum atomic E-state index is 12.2. The minimum Gasteiger partial charge on any atom is -0.462 e. The molecule has 0 aromatic rings. The first-order chi connectivity index (χ1) is 26.0. The van der Waals surface area contributed by atoms with Crippen molar-refractivity contribution in [3.8, 4) is 0 Å². The Morgan fingerprint density at radius 2 is 1.04 bits per heavy atom. The van der Waals surface area contributed by atoms with Crippen LogP contribution in [-0.4, -0.2) is 47.6 Å². The van der Waals surface area contributed by atoms with Gasteiger partial charge in [-0.05, 0) is 44.9 Å². The summed E-state index contributed by atoms with van der Waals surface area (Å²) in [4.78, 5) is 24.3. The minimum atomic E-state index is -0.825. The predicted molar refractivity (Wildman–Crippen MR) is 225 cm³/mol. The molecule has 1 unspecified atom stereocenters. The quantitative estimate of drug-likeness (QED) is 0.0283. The molecule has 6 heteroatoms. The molecule has 0 saturated carbocycles. The van der Waals surface area contributed by atoms with E-state index in [4.69, 9.17) is 9.47 Å². The van der Waals surface area contributed by atoms with E-state index in [0.29, 0.717) is 19.3 Å². The highest BCUT2D eigenvalue weighted by Gasteiger charge is 2.15. The summed E-state index contributed by atoms with van der Waals surface area (Å²) in [6.45, 7) is 3.88. The fraction of sp³-hybridized carbons (Fsp3) is 0.702. The normalized spacial score (nSPS) is 13.5. The highest BCUT2D eigenvalue weighted by atomic mass is 16.6. The summed E-state index contributed by atoms with van der Waals surface area (Å²) in [5.74, 6) is -0.709. The highest BCUT2D eigenvalue weighted by Crippen LogP contribution is 2.15. The van der Waals surface area contributed by atoms with Crippen LogP contribution in [0.25, 0.3) is 0 Å². The third-order valence-electron chi connectivity index (χ3n) is 9.11. The van der Waals surface area contributed by atoms with Crippen LogP contribution in [-0.2, 0) is 19.1 Å². The topological polar surface area (TPSA) is 93.1 Å². The molecule has 2 N–H and O–H groups in total. The molecule has 304 valence electrons. The lowest BCUT2D eigenvalue weighted by Crippen LogP contribution is -2.28. The van der Waals surface area contributed by atoms with Crippen LogP contribution in [0.4, 0.5) is 0 Å². The fourth-order valence-corrected chi connectivity index (χ4v) is 5.84. The zero-order chi connectivity index (χ0) is 38.7. The molecule has 6 nitrogen and oxygen atoms in total. The third-order valence-corrected chi connectivity index (χ3v) is 9.11. The molecule has 0 aliphatic heterocycles. The number of allylic oxidation sites excluding steroid dienone is 10. The Hall–Kier alpha value is -2.70. The van der Waals surface area contributed by atoms with Crippen LogP contribution in [0.15, 0.2) is 72.9 Å². The van der Waals surface area contributed by atoms with Crippen LogP contribution in [0.2, 0.25) is 0 Å². The van der Waals surface area contributed by atoms with Crippen LogP contribution in [0.5, 0.6) is 0 Å². The molecule has 0 saturated heterocycles. The summed E-state index contributed by atoms with van der Waals surface area (Å²) < 4.78 is 10.6. The molecule has 0 fully saturated rings. The van der Waals surface area contributed by atoms with Gasteiger partial charge in [-0.15, -0.1) is 0 Å². The second-order valence-electron chi connectivity index (χ2n) is 14.2. The van der Waals surface area contributed by atoms with E-state index in [0.717, 1.165) is 44.9 Å². The summed E-state index contributed by atoms with van der Waals surface area (Å²) >= 11 is 0. The van der Waals surface area contributed by atoms with E-state index < -0.39 is 18.2 Å². The van der Waals surface area contributed by atoms with Crippen LogP contribution >= 0.6 is 0 Å². The molecule has 0 aliphatic carbocycles. The second kappa shape index (κ2) is 42.0. The van der Waals surface area contributed by atoms with Gasteiger partial charge in [0, 0.05) is 12.8 Å². The van der Waals surface area contributed by atoms with Gasteiger partial charge in [0.25, 0.3) is 0 Å². The largest absolute Gasteiger partial charge is 0.462 e. The zero-order valence-electron chi connectivity index (χ0n) is 34.1. The Morgan fingerprint density at radius 3 is 1.55 bits per heavy atom. The first kappa shape index (κ1) is 50.3. The summed E-state index contributed by atoms with van der Waals surface area (Å²) in [7, 11) is 0. The Labute approximate surface area is 326 Å². The van der Waals surface area contributed by atoms with Crippen molar-refractivity contribution < 1.29 is 29.3 Å². The Morgan fingerprint density at radius 1 is 0.547 bits per heavy atom. The van der Waals surface area contributed by atoms with E-state index in [1.165, 1.54) is 103 Å². The minimum absolute atomic E-state index is 0.107. The zero-order valence-corrected chi connectivity index (χ0v) is 34.1. The number of carbonyl (C=O) groups is 2. The van der Waals surface area contributed by atoms with Crippen LogP contribution in [0.3, 0.4) is 0 Å². The number of rotatable bonds is 38. The van der Waals surface area contributed by atoms with Crippen molar-refractivity contribution in [2.24, 2.45) is 0 Å². The van der Waals surface area contributed by atoms with E-state index in [1.807, 2.05) is 30.4 Å². The van der Waals surface area contributed by atoms with Crippen LogP contribution < -0.4 is 0 Å². The average Bonchev–Trinajstić information content (AvgIpc) is 3.15. The van der Waals surface area contributed by atoms with Crippen molar-refractivity contribution in [2.75, 3.05) is 13.2 Å². The number of unbranched alkanes of at least 4 members (excludes halogenated alkanes) is 18. The molecule has 53 heavy (non-hydrogen) atoms. The molecule has 0 aromatic carbocycles. The average molecular weight is 741 g/mol. The van der Waals surface area contributed by atoms with Crippen molar-refractivity contribution in [1.82, 2.24) is 0 Å². The van der Waals surface area contributed by atoms with Crippen molar-refractivity contribution in [1.29, 1.82) is 0 Å². The van der Waals surface area contributed by atoms with E-state index in [2.05, 4.69) is 50.3 Å². The van der Waals surface area contributed by atoms with E-state index in [1.54, 1.807) is 6.08 Å². The maximum Gasteiger partial charge on any atom is 0.306 e. The lowest BCUT2D eigenvalue weighted by Gasteiger charge is -2.15. The van der Waals surface area contributed by atoms with Gasteiger partial charge in [-0.25, -0.2) is 0 Å². The molecule has 0 radical (unpaired) electrons. The molecule has 0 rings (SSSR count). The molecular weight excluding hydrogens is 661 g/mol. The Balaban J connectivity index is 3.69. The van der Waals surface area contributed by atoms with Gasteiger partial charge >= 0.3 is 11.9 Å². The van der Waals surface area contributed by atoms with E-state index >= 15 is 0 Å². The fourth-order valence-electron chi connectivity index (χ4n) is 5.84. The van der Waals surface area contributed by atoms with Gasteiger partial charge in [-0.2, -0.15) is 0 Å². The number of esters is 2. The lowest BCUT2D eigenvalue weighted by molar-refractivity contribution is -0.161. The summed E-state index contributed by atoms with van der Waals surface area (Å²) in [6.07, 6.45) is 53.1. The van der Waals surface area contributed by atoms with Gasteiger partial charge in [0.15, 0.2) is 6.10 Å².